The Morgan fingerprint density at radius 2 is 1.64 bits per heavy atom. The van der Waals surface area contributed by atoms with Crippen molar-refractivity contribution in [2.75, 3.05) is 13.1 Å². The van der Waals surface area contributed by atoms with Crippen molar-refractivity contribution in [2.24, 2.45) is 5.92 Å². The van der Waals surface area contributed by atoms with E-state index < -0.39 is 12.0 Å². The van der Waals surface area contributed by atoms with Crippen LogP contribution in [-0.2, 0) is 33.8 Å². The van der Waals surface area contributed by atoms with Crippen molar-refractivity contribution < 1.29 is 24.2 Å². The largest absolute Gasteiger partial charge is 0.489 e. The lowest BCUT2D eigenvalue weighted by Crippen LogP contribution is -2.44. The van der Waals surface area contributed by atoms with Crippen LogP contribution in [0.1, 0.15) is 42.6 Å². The van der Waals surface area contributed by atoms with Crippen LogP contribution in [0.25, 0.3) is 0 Å². The van der Waals surface area contributed by atoms with Crippen molar-refractivity contribution in [1.29, 1.82) is 0 Å². The summed E-state index contributed by atoms with van der Waals surface area (Å²) in [6.07, 6.45) is 6.03. The number of aromatic nitrogens is 2. The third-order valence-electron chi connectivity index (χ3n) is 6.87. The molecule has 1 aliphatic rings. The fraction of sp³-hybridized carbons (Fsp3) is 0.367. The molecule has 2 aromatic carbocycles. The molecule has 0 radical (unpaired) electrons. The number of likely N-dealkylation sites (tertiary alicyclic amines) is 1. The van der Waals surface area contributed by atoms with E-state index in [0.717, 1.165) is 11.1 Å². The molecule has 9 nitrogen and oxygen atoms in total. The van der Waals surface area contributed by atoms with E-state index in [4.69, 9.17) is 4.74 Å². The van der Waals surface area contributed by atoms with Crippen molar-refractivity contribution in [2.45, 2.75) is 51.2 Å². The highest BCUT2D eigenvalue weighted by atomic mass is 16.5. The highest BCUT2D eigenvalue weighted by Gasteiger charge is 2.26. The molecule has 1 atom stereocenters. The van der Waals surface area contributed by atoms with Crippen LogP contribution in [0.2, 0.25) is 0 Å². The van der Waals surface area contributed by atoms with Gasteiger partial charge in [0, 0.05) is 51.2 Å². The summed E-state index contributed by atoms with van der Waals surface area (Å²) in [5.74, 6) is 0.163. The number of amides is 2. The van der Waals surface area contributed by atoms with Gasteiger partial charge < -0.3 is 20.1 Å². The highest BCUT2D eigenvalue weighted by molar-refractivity contribution is 5.84. The predicted octanol–water partition coefficient (Wildman–Crippen LogP) is 3.43. The van der Waals surface area contributed by atoms with Gasteiger partial charge in [0.25, 0.3) is 0 Å². The van der Waals surface area contributed by atoms with Crippen LogP contribution in [0.3, 0.4) is 0 Å². The van der Waals surface area contributed by atoms with E-state index in [1.54, 1.807) is 30.6 Å². The zero-order valence-corrected chi connectivity index (χ0v) is 21.9. The van der Waals surface area contributed by atoms with E-state index >= 15 is 0 Å². The van der Waals surface area contributed by atoms with Gasteiger partial charge in [0.2, 0.25) is 11.8 Å². The Kier molecular flexibility index (Phi) is 9.99. The molecule has 4 rings (SSSR count). The van der Waals surface area contributed by atoms with Gasteiger partial charge in [-0.05, 0) is 48.1 Å². The van der Waals surface area contributed by atoms with E-state index in [9.17, 15) is 19.5 Å². The van der Waals surface area contributed by atoms with Crippen LogP contribution in [0, 0.1) is 5.92 Å². The third-order valence-corrected chi connectivity index (χ3v) is 6.87. The summed E-state index contributed by atoms with van der Waals surface area (Å²) in [6.45, 7) is 1.63. The zero-order valence-electron chi connectivity index (χ0n) is 21.9. The van der Waals surface area contributed by atoms with Crippen LogP contribution >= 0.6 is 0 Å². The molecule has 204 valence electrons. The first-order valence-electron chi connectivity index (χ1n) is 13.3. The number of carboxylic acid groups (broad SMARTS) is 1. The fourth-order valence-electron chi connectivity index (χ4n) is 4.64. The van der Waals surface area contributed by atoms with Gasteiger partial charge in [0.1, 0.15) is 24.2 Å². The Hall–Kier alpha value is -4.27. The number of aryl methyl sites for hydroxylation is 1. The van der Waals surface area contributed by atoms with E-state index in [2.05, 4.69) is 15.3 Å². The van der Waals surface area contributed by atoms with Crippen LogP contribution < -0.4 is 10.1 Å². The molecule has 1 aliphatic heterocycles. The smallest absolute Gasteiger partial charge is 0.326 e. The molecule has 1 saturated heterocycles. The van der Waals surface area contributed by atoms with E-state index in [-0.39, 0.29) is 30.6 Å². The van der Waals surface area contributed by atoms with Gasteiger partial charge in [-0.3, -0.25) is 9.59 Å². The minimum absolute atomic E-state index is 0.0628. The fourth-order valence-corrected chi connectivity index (χ4v) is 4.64. The Morgan fingerprint density at radius 3 is 2.31 bits per heavy atom. The first-order valence-corrected chi connectivity index (χ1v) is 13.3. The van der Waals surface area contributed by atoms with Crippen molar-refractivity contribution in [1.82, 2.24) is 20.2 Å². The Bertz CT molecular complexity index is 1210. The number of carbonyl (C=O) groups excluding carboxylic acids is 2. The molecular formula is C30H34N4O5. The monoisotopic (exact) mass is 530 g/mol. The summed E-state index contributed by atoms with van der Waals surface area (Å²) in [4.78, 5) is 47.2. The van der Waals surface area contributed by atoms with E-state index in [1.165, 1.54) is 0 Å². The van der Waals surface area contributed by atoms with Gasteiger partial charge in [0.05, 0.1) is 0 Å². The number of ether oxygens (including phenoxy) is 1. The van der Waals surface area contributed by atoms with Gasteiger partial charge in [0.15, 0.2) is 0 Å². The molecule has 39 heavy (non-hydrogen) atoms. The zero-order chi connectivity index (χ0) is 27.5. The number of piperidine rings is 1. The average molecular weight is 531 g/mol. The molecule has 0 saturated carbocycles. The number of benzene rings is 2. The number of hydrogen-bond donors (Lipinski definition) is 2. The molecule has 0 spiro atoms. The molecule has 2 heterocycles. The summed E-state index contributed by atoms with van der Waals surface area (Å²) in [6, 6.07) is 17.8. The standard InChI is InChI=1S/C30H34N4O5/c35-28(20-23-13-17-34(18-14-23)29(36)12-11-27-31-15-4-16-32-27)33-26(30(37)38)19-22-7-9-25(10-8-22)39-21-24-5-2-1-3-6-24/h1-10,15-16,23,26H,11-14,17-21H2,(H,33,35)(H,37,38). The highest BCUT2D eigenvalue weighted by Crippen LogP contribution is 2.22. The summed E-state index contributed by atoms with van der Waals surface area (Å²) < 4.78 is 5.79. The van der Waals surface area contributed by atoms with Gasteiger partial charge in [-0.25, -0.2) is 14.8 Å². The van der Waals surface area contributed by atoms with Gasteiger partial charge in [-0.2, -0.15) is 0 Å². The molecule has 1 aromatic heterocycles. The molecule has 1 unspecified atom stereocenters. The Labute approximate surface area is 228 Å². The molecule has 3 aromatic rings. The minimum Gasteiger partial charge on any atom is -0.489 e. The second-order valence-electron chi connectivity index (χ2n) is 9.77. The Balaban J connectivity index is 1.18. The molecule has 0 bridgehead atoms. The molecule has 2 amide bonds. The number of carboxylic acids is 1. The van der Waals surface area contributed by atoms with Gasteiger partial charge >= 0.3 is 5.97 Å². The van der Waals surface area contributed by atoms with Gasteiger partial charge in [-0.15, -0.1) is 0 Å². The van der Waals surface area contributed by atoms with E-state index in [1.807, 2.05) is 47.4 Å². The van der Waals surface area contributed by atoms with Crippen LogP contribution in [-0.4, -0.2) is 56.9 Å². The average Bonchev–Trinajstić information content (AvgIpc) is 2.96. The molecule has 2 N–H and O–H groups in total. The first kappa shape index (κ1) is 27.8. The summed E-state index contributed by atoms with van der Waals surface area (Å²) >= 11 is 0. The van der Waals surface area contributed by atoms with Crippen molar-refractivity contribution in [3.05, 3.63) is 90.0 Å². The lowest BCUT2D eigenvalue weighted by atomic mass is 9.92. The normalized spacial score (nSPS) is 14.4. The minimum atomic E-state index is -1.07. The Morgan fingerprint density at radius 1 is 0.949 bits per heavy atom. The maximum Gasteiger partial charge on any atom is 0.326 e. The number of hydrogen-bond acceptors (Lipinski definition) is 6. The molecule has 1 fully saturated rings. The predicted molar refractivity (Wildman–Crippen MR) is 145 cm³/mol. The van der Waals surface area contributed by atoms with Crippen LogP contribution in [0.4, 0.5) is 0 Å². The van der Waals surface area contributed by atoms with Gasteiger partial charge in [-0.1, -0.05) is 42.5 Å². The lowest BCUT2D eigenvalue weighted by Gasteiger charge is -2.32. The topological polar surface area (TPSA) is 122 Å². The van der Waals surface area contributed by atoms with Crippen LogP contribution in [0.15, 0.2) is 73.1 Å². The third kappa shape index (κ3) is 8.91. The van der Waals surface area contributed by atoms with E-state index in [0.29, 0.717) is 57.0 Å². The summed E-state index contributed by atoms with van der Waals surface area (Å²) in [5, 5.41) is 12.4. The number of nitrogens with zero attached hydrogens (tertiary/aromatic N) is 3. The van der Waals surface area contributed by atoms with Crippen molar-refractivity contribution in [3.8, 4) is 5.75 Å². The van der Waals surface area contributed by atoms with Crippen molar-refractivity contribution in [3.63, 3.8) is 0 Å². The molecule has 0 aliphatic carbocycles. The number of carbonyl (C=O) groups is 3. The number of rotatable bonds is 12. The van der Waals surface area contributed by atoms with Crippen molar-refractivity contribution >= 4 is 17.8 Å². The second kappa shape index (κ2) is 14.0. The maximum absolute atomic E-state index is 12.7. The second-order valence-corrected chi connectivity index (χ2v) is 9.77. The summed E-state index contributed by atoms with van der Waals surface area (Å²) in [7, 11) is 0. The molecular weight excluding hydrogens is 496 g/mol. The first-order chi connectivity index (χ1) is 19.0. The number of nitrogens with one attached hydrogen (secondary N) is 1. The molecule has 9 heteroatoms. The summed E-state index contributed by atoms with van der Waals surface area (Å²) in [5.41, 5.74) is 1.85. The maximum atomic E-state index is 12.7. The SMILES string of the molecule is O=C(CC1CCN(C(=O)CCc2ncccn2)CC1)NC(Cc1ccc(OCc2ccccc2)cc1)C(=O)O. The lowest BCUT2D eigenvalue weighted by molar-refractivity contribution is -0.142. The number of aliphatic carboxylic acids is 1. The van der Waals surface area contributed by atoms with Crippen LogP contribution in [0.5, 0.6) is 5.75 Å². The quantitative estimate of drug-likeness (QED) is 0.368.